The van der Waals surface area contributed by atoms with Gasteiger partial charge in [-0.25, -0.2) is 0 Å². The number of piperidine rings is 1. The first-order chi connectivity index (χ1) is 16.2. The van der Waals surface area contributed by atoms with Gasteiger partial charge in [0.15, 0.2) is 0 Å². The van der Waals surface area contributed by atoms with Gasteiger partial charge in [0.25, 0.3) is 0 Å². The van der Waals surface area contributed by atoms with Crippen LogP contribution in [0.25, 0.3) is 0 Å². The molecule has 1 fully saturated rings. The number of fused-ring (bicyclic) bond motifs is 1. The molecule has 3 nitrogen and oxygen atoms in total. The van der Waals surface area contributed by atoms with Crippen LogP contribution in [0.5, 0.6) is 0 Å². The number of para-hydroxylation sites is 1. The molecule has 0 saturated carbocycles. The Morgan fingerprint density at radius 1 is 0.818 bits per heavy atom. The third kappa shape index (κ3) is 4.00. The third-order valence-electron chi connectivity index (χ3n) is 7.64. The number of rotatable bonds is 7. The summed E-state index contributed by atoms with van der Waals surface area (Å²) < 4.78 is 0. The largest absolute Gasteiger partial charge is 0.311 e. The molecule has 1 amide bonds. The molecule has 1 unspecified atom stereocenters. The molecule has 170 valence electrons. The van der Waals surface area contributed by atoms with Gasteiger partial charge in [-0.15, -0.1) is 0 Å². The fourth-order valence-electron chi connectivity index (χ4n) is 5.90. The van der Waals surface area contributed by atoms with Gasteiger partial charge in [0, 0.05) is 12.2 Å². The lowest BCUT2D eigenvalue weighted by Gasteiger charge is -2.36. The molecule has 2 aliphatic heterocycles. The summed E-state index contributed by atoms with van der Waals surface area (Å²) in [6.07, 6.45) is 4.16. The first-order valence-corrected chi connectivity index (χ1v) is 12.5. The highest BCUT2D eigenvalue weighted by Gasteiger charge is 2.51. The van der Waals surface area contributed by atoms with Gasteiger partial charge in [-0.1, -0.05) is 85.8 Å². The molecule has 0 radical (unpaired) electrons. The fourth-order valence-corrected chi connectivity index (χ4v) is 5.90. The predicted octanol–water partition coefficient (Wildman–Crippen LogP) is 6.00. The summed E-state index contributed by atoms with van der Waals surface area (Å²) in [6, 6.07) is 29.8. The number of nitrogens with zero attached hydrogens (tertiary/aromatic N) is 2. The van der Waals surface area contributed by atoms with Crippen LogP contribution in [0, 0.1) is 0 Å². The highest BCUT2D eigenvalue weighted by Crippen LogP contribution is 2.48. The summed E-state index contributed by atoms with van der Waals surface area (Å²) in [6.45, 7) is 6.05. The summed E-state index contributed by atoms with van der Waals surface area (Å²) in [4.78, 5) is 18.7. The number of carbonyl (C=O) groups is 1. The average Bonchev–Trinajstić information content (AvgIpc) is 3.12. The predicted molar refractivity (Wildman–Crippen MR) is 136 cm³/mol. The van der Waals surface area contributed by atoms with Crippen molar-refractivity contribution in [2.75, 3.05) is 31.1 Å². The van der Waals surface area contributed by atoms with Crippen LogP contribution in [0.3, 0.4) is 0 Å². The second-order valence-electron chi connectivity index (χ2n) is 9.52. The van der Waals surface area contributed by atoms with Crippen LogP contribution in [-0.2, 0) is 10.2 Å². The summed E-state index contributed by atoms with van der Waals surface area (Å²) in [7, 11) is 0. The van der Waals surface area contributed by atoms with E-state index in [-0.39, 0.29) is 5.91 Å². The topological polar surface area (TPSA) is 23.6 Å². The second-order valence-corrected chi connectivity index (χ2v) is 9.52. The molecule has 2 aliphatic rings. The zero-order valence-electron chi connectivity index (χ0n) is 19.6. The molecule has 0 spiro atoms. The maximum Gasteiger partial charge on any atom is 0.242 e. The molecule has 0 N–H and O–H groups in total. The van der Waals surface area contributed by atoms with E-state index in [1.54, 1.807) is 0 Å². The van der Waals surface area contributed by atoms with Crippen LogP contribution >= 0.6 is 0 Å². The van der Waals surface area contributed by atoms with Crippen molar-refractivity contribution in [2.24, 2.45) is 0 Å². The van der Waals surface area contributed by atoms with Crippen LogP contribution in [0.4, 0.5) is 5.69 Å². The van der Waals surface area contributed by atoms with E-state index in [9.17, 15) is 4.79 Å². The Balaban J connectivity index is 1.40. The van der Waals surface area contributed by atoms with E-state index < -0.39 is 5.41 Å². The van der Waals surface area contributed by atoms with Crippen molar-refractivity contribution in [3.8, 4) is 0 Å². The molecule has 3 aromatic rings. The normalized spacial score (nSPS) is 21.4. The van der Waals surface area contributed by atoms with Gasteiger partial charge in [-0.3, -0.25) is 4.79 Å². The lowest BCUT2D eigenvalue weighted by molar-refractivity contribution is -0.122. The van der Waals surface area contributed by atoms with Crippen molar-refractivity contribution >= 4 is 11.6 Å². The van der Waals surface area contributed by atoms with E-state index in [2.05, 4.69) is 90.7 Å². The number of hydrogen-bond acceptors (Lipinski definition) is 2. The highest BCUT2D eigenvalue weighted by atomic mass is 16.2. The van der Waals surface area contributed by atoms with Gasteiger partial charge in [0.2, 0.25) is 5.91 Å². The van der Waals surface area contributed by atoms with Crippen molar-refractivity contribution in [2.45, 2.75) is 43.9 Å². The molecule has 0 bridgehead atoms. The molecule has 2 heterocycles. The molecule has 0 aromatic heterocycles. The molecule has 33 heavy (non-hydrogen) atoms. The third-order valence-corrected chi connectivity index (χ3v) is 7.64. The van der Waals surface area contributed by atoms with Crippen LogP contribution in [0.1, 0.15) is 55.2 Å². The second kappa shape index (κ2) is 9.52. The maximum absolute atomic E-state index is 14.1. The van der Waals surface area contributed by atoms with Crippen molar-refractivity contribution in [3.05, 3.63) is 102 Å². The first kappa shape index (κ1) is 21.9. The fraction of sp³-hybridized carbons (Fsp3) is 0.367. The van der Waals surface area contributed by atoms with Gasteiger partial charge >= 0.3 is 0 Å². The van der Waals surface area contributed by atoms with Crippen molar-refractivity contribution in [1.82, 2.24) is 4.90 Å². The van der Waals surface area contributed by atoms with E-state index in [0.717, 1.165) is 50.3 Å². The summed E-state index contributed by atoms with van der Waals surface area (Å²) in [5.41, 5.74) is 4.27. The number of benzene rings is 3. The quantitative estimate of drug-likeness (QED) is 0.452. The monoisotopic (exact) mass is 438 g/mol. The number of carbonyl (C=O) groups excluding carboxylic acids is 1. The molecule has 1 atom stereocenters. The van der Waals surface area contributed by atoms with Crippen LogP contribution in [0.2, 0.25) is 0 Å². The Hall–Kier alpha value is -2.91. The van der Waals surface area contributed by atoms with E-state index >= 15 is 0 Å². The minimum absolute atomic E-state index is 0.246. The average molecular weight is 439 g/mol. The summed E-state index contributed by atoms with van der Waals surface area (Å²) in [5.74, 6) is 0.898. The number of anilines is 1. The molecular weight excluding hydrogens is 404 g/mol. The summed E-state index contributed by atoms with van der Waals surface area (Å²) >= 11 is 0. The SMILES string of the molecule is CCCN1C(=O)C(CCN2CCC(c3ccccc3)CC2)(c2ccccc2)c2ccccc21. The smallest absolute Gasteiger partial charge is 0.242 e. The van der Waals surface area contributed by atoms with E-state index in [0.29, 0.717) is 5.92 Å². The Kier molecular flexibility index (Phi) is 6.32. The zero-order valence-corrected chi connectivity index (χ0v) is 19.6. The molecule has 5 rings (SSSR count). The van der Waals surface area contributed by atoms with E-state index in [1.165, 1.54) is 24.0 Å². The molecular formula is C30H34N2O. The Labute approximate surface area is 198 Å². The maximum atomic E-state index is 14.1. The van der Waals surface area contributed by atoms with Crippen molar-refractivity contribution < 1.29 is 4.79 Å². The van der Waals surface area contributed by atoms with Crippen LogP contribution < -0.4 is 4.90 Å². The van der Waals surface area contributed by atoms with Gasteiger partial charge in [0.05, 0.1) is 0 Å². The Morgan fingerprint density at radius 3 is 2.15 bits per heavy atom. The molecule has 3 heteroatoms. The molecule has 0 aliphatic carbocycles. The van der Waals surface area contributed by atoms with Gasteiger partial charge in [-0.2, -0.15) is 0 Å². The lowest BCUT2D eigenvalue weighted by Crippen LogP contribution is -2.44. The molecule has 1 saturated heterocycles. The van der Waals surface area contributed by atoms with Crippen molar-refractivity contribution in [3.63, 3.8) is 0 Å². The lowest BCUT2D eigenvalue weighted by atomic mass is 9.72. The Morgan fingerprint density at radius 2 is 1.45 bits per heavy atom. The standard InChI is InChI=1S/C30H34N2O/c1-2-20-32-28-16-10-9-15-27(28)30(29(32)33,26-13-7-4-8-14-26)19-23-31-21-17-25(18-22-31)24-11-5-3-6-12-24/h3-16,25H,2,17-23H2,1H3. The van der Waals surface area contributed by atoms with Gasteiger partial charge in [-0.05, 0) is 74.0 Å². The van der Waals surface area contributed by atoms with E-state index in [1.807, 2.05) is 11.0 Å². The van der Waals surface area contributed by atoms with Crippen LogP contribution in [0.15, 0.2) is 84.9 Å². The minimum Gasteiger partial charge on any atom is -0.311 e. The number of likely N-dealkylation sites (tertiary alicyclic amines) is 1. The van der Waals surface area contributed by atoms with Gasteiger partial charge < -0.3 is 9.80 Å². The Bertz CT molecular complexity index is 1070. The van der Waals surface area contributed by atoms with E-state index in [4.69, 9.17) is 0 Å². The van der Waals surface area contributed by atoms with Gasteiger partial charge in [0.1, 0.15) is 5.41 Å². The van der Waals surface area contributed by atoms with Crippen LogP contribution in [-0.4, -0.2) is 37.0 Å². The van der Waals surface area contributed by atoms with Crippen molar-refractivity contribution in [1.29, 1.82) is 0 Å². The molecule has 3 aromatic carbocycles. The summed E-state index contributed by atoms with van der Waals surface area (Å²) in [5, 5.41) is 0. The number of hydrogen-bond donors (Lipinski definition) is 0. The zero-order chi connectivity index (χ0) is 22.7. The number of amides is 1. The minimum atomic E-state index is -0.594. The highest BCUT2D eigenvalue weighted by molar-refractivity contribution is 6.10. The first-order valence-electron chi connectivity index (χ1n) is 12.5.